The fourth-order valence-electron chi connectivity index (χ4n) is 3.61. The van der Waals surface area contributed by atoms with Gasteiger partial charge in [-0.15, -0.1) is 6.42 Å². The highest BCUT2D eigenvalue weighted by atomic mass is 35.5. The van der Waals surface area contributed by atoms with E-state index in [2.05, 4.69) is 11.2 Å². The Hall–Kier alpha value is -2.37. The maximum absolute atomic E-state index is 12.8. The van der Waals surface area contributed by atoms with Crippen LogP contribution in [0, 0.1) is 19.3 Å². The van der Waals surface area contributed by atoms with Gasteiger partial charge >= 0.3 is 0 Å². The van der Waals surface area contributed by atoms with Gasteiger partial charge in [-0.25, -0.2) is 8.42 Å². The summed E-state index contributed by atoms with van der Waals surface area (Å²) in [6, 6.07) is 12.6. The molecular formula is C24H28ClN3O3S. The lowest BCUT2D eigenvalue weighted by Gasteiger charge is -2.20. The van der Waals surface area contributed by atoms with Crippen molar-refractivity contribution < 1.29 is 13.2 Å². The predicted molar refractivity (Wildman–Crippen MR) is 128 cm³/mol. The van der Waals surface area contributed by atoms with Gasteiger partial charge in [0.15, 0.2) is 0 Å². The molecule has 0 atom stereocenters. The first-order valence-electron chi connectivity index (χ1n) is 10.6. The number of sulfonamides is 1. The molecule has 0 saturated carbocycles. The third-order valence-corrected chi connectivity index (χ3v) is 7.64. The molecular weight excluding hydrogens is 446 g/mol. The Bertz CT molecular complexity index is 1090. The molecule has 0 spiro atoms. The van der Waals surface area contributed by atoms with E-state index in [-0.39, 0.29) is 17.2 Å². The van der Waals surface area contributed by atoms with E-state index in [1.54, 1.807) is 0 Å². The van der Waals surface area contributed by atoms with Crippen molar-refractivity contribution in [3.8, 4) is 12.3 Å². The third kappa shape index (κ3) is 6.33. The summed E-state index contributed by atoms with van der Waals surface area (Å²) >= 11 is 6.22. The lowest BCUT2D eigenvalue weighted by Crippen LogP contribution is -2.28. The van der Waals surface area contributed by atoms with Crippen LogP contribution >= 0.6 is 11.6 Å². The van der Waals surface area contributed by atoms with Crippen LogP contribution in [-0.4, -0.2) is 49.7 Å². The minimum atomic E-state index is -3.59. The summed E-state index contributed by atoms with van der Waals surface area (Å²) in [7, 11) is -3.59. The highest BCUT2D eigenvalue weighted by Gasteiger charge is 2.27. The Balaban J connectivity index is 1.63. The molecule has 1 aliphatic heterocycles. The fourth-order valence-corrected chi connectivity index (χ4v) is 5.31. The second kappa shape index (κ2) is 11.0. The number of aryl methyl sites for hydroxylation is 1. The molecule has 0 bridgehead atoms. The summed E-state index contributed by atoms with van der Waals surface area (Å²) in [4.78, 5) is 14.7. The normalized spacial score (nSPS) is 14.4. The number of anilines is 1. The number of hydrogen-bond donors (Lipinski definition) is 1. The molecule has 170 valence electrons. The summed E-state index contributed by atoms with van der Waals surface area (Å²) in [6.07, 6.45) is 7.41. The Morgan fingerprint density at radius 1 is 1.19 bits per heavy atom. The van der Waals surface area contributed by atoms with E-state index in [4.69, 9.17) is 18.0 Å². The Morgan fingerprint density at radius 2 is 1.88 bits per heavy atom. The number of carbonyl (C=O) groups is 1. The van der Waals surface area contributed by atoms with Gasteiger partial charge in [-0.3, -0.25) is 9.69 Å². The van der Waals surface area contributed by atoms with Gasteiger partial charge in [0.05, 0.1) is 22.2 Å². The average Bonchev–Trinajstić information content (AvgIpc) is 3.31. The number of carbonyl (C=O) groups excluding carboxylic acids is 1. The van der Waals surface area contributed by atoms with Crippen molar-refractivity contribution in [2.75, 3.05) is 31.5 Å². The van der Waals surface area contributed by atoms with Crippen LogP contribution in [0.2, 0.25) is 5.02 Å². The number of nitrogens with zero attached hydrogens (tertiary/aromatic N) is 2. The topological polar surface area (TPSA) is 69.7 Å². The smallest absolute Gasteiger partial charge is 0.243 e. The van der Waals surface area contributed by atoms with Crippen LogP contribution in [0.1, 0.15) is 30.4 Å². The molecule has 1 N–H and O–H groups in total. The minimum Gasteiger partial charge on any atom is -0.325 e. The van der Waals surface area contributed by atoms with Crippen molar-refractivity contribution in [1.82, 2.24) is 9.21 Å². The van der Waals surface area contributed by atoms with E-state index in [9.17, 15) is 13.2 Å². The molecule has 1 saturated heterocycles. The van der Waals surface area contributed by atoms with Crippen LogP contribution in [0.5, 0.6) is 0 Å². The molecule has 1 heterocycles. The van der Waals surface area contributed by atoms with Gasteiger partial charge in [0.25, 0.3) is 0 Å². The first-order chi connectivity index (χ1) is 15.3. The zero-order valence-corrected chi connectivity index (χ0v) is 19.8. The van der Waals surface area contributed by atoms with E-state index < -0.39 is 10.0 Å². The van der Waals surface area contributed by atoms with Crippen LogP contribution in [0.4, 0.5) is 5.69 Å². The first kappa shape index (κ1) is 24.3. The Kier molecular flexibility index (Phi) is 8.32. The largest absolute Gasteiger partial charge is 0.325 e. The SMILES string of the molecule is C#CCN(CCC(=O)Nc1cc(S(=O)(=O)N2CCCC2)ccc1Cl)Cc1ccc(C)cc1. The summed E-state index contributed by atoms with van der Waals surface area (Å²) in [5, 5.41) is 3.04. The Labute approximate surface area is 195 Å². The van der Waals surface area contributed by atoms with Crippen LogP contribution in [-0.2, 0) is 21.4 Å². The van der Waals surface area contributed by atoms with Gasteiger partial charge in [-0.1, -0.05) is 47.4 Å². The molecule has 32 heavy (non-hydrogen) atoms. The van der Waals surface area contributed by atoms with Gasteiger partial charge in [-0.05, 0) is 43.5 Å². The highest BCUT2D eigenvalue weighted by Crippen LogP contribution is 2.28. The van der Waals surface area contributed by atoms with Gasteiger partial charge in [0.1, 0.15) is 0 Å². The van der Waals surface area contributed by atoms with E-state index in [1.807, 2.05) is 36.1 Å². The number of nitrogens with one attached hydrogen (secondary N) is 1. The number of hydrogen-bond acceptors (Lipinski definition) is 4. The molecule has 1 fully saturated rings. The van der Waals surface area contributed by atoms with E-state index in [1.165, 1.54) is 28.1 Å². The Morgan fingerprint density at radius 3 is 2.53 bits per heavy atom. The average molecular weight is 474 g/mol. The maximum Gasteiger partial charge on any atom is 0.243 e. The monoisotopic (exact) mass is 473 g/mol. The van der Waals surface area contributed by atoms with E-state index in [0.29, 0.717) is 43.4 Å². The van der Waals surface area contributed by atoms with Crippen molar-refractivity contribution in [2.45, 2.75) is 37.6 Å². The van der Waals surface area contributed by atoms with Crippen LogP contribution in [0.15, 0.2) is 47.4 Å². The lowest BCUT2D eigenvalue weighted by atomic mass is 10.1. The quantitative estimate of drug-likeness (QED) is 0.561. The standard InChI is InChI=1S/C24H28ClN3O3S/c1-3-13-27(18-20-8-6-19(2)7-9-20)16-12-24(29)26-23-17-21(10-11-22(23)25)32(30,31)28-14-4-5-15-28/h1,6-11,17H,4-5,12-16,18H2,2H3,(H,26,29). The fraction of sp³-hybridized carbons (Fsp3) is 0.375. The first-order valence-corrected chi connectivity index (χ1v) is 12.4. The molecule has 8 heteroatoms. The summed E-state index contributed by atoms with van der Waals surface area (Å²) in [6.45, 7) is 4.59. The van der Waals surface area contributed by atoms with Crippen LogP contribution < -0.4 is 5.32 Å². The summed E-state index contributed by atoms with van der Waals surface area (Å²) in [5.74, 6) is 2.38. The molecule has 1 aliphatic rings. The summed E-state index contributed by atoms with van der Waals surface area (Å²) < 4.78 is 27.1. The van der Waals surface area contributed by atoms with Crippen molar-refractivity contribution in [3.05, 3.63) is 58.6 Å². The second-order valence-electron chi connectivity index (χ2n) is 7.95. The van der Waals surface area contributed by atoms with Crippen LogP contribution in [0.25, 0.3) is 0 Å². The molecule has 0 unspecified atom stereocenters. The molecule has 0 aromatic heterocycles. The zero-order chi connectivity index (χ0) is 23.1. The molecule has 1 amide bonds. The highest BCUT2D eigenvalue weighted by molar-refractivity contribution is 7.89. The summed E-state index contributed by atoms with van der Waals surface area (Å²) in [5.41, 5.74) is 2.59. The minimum absolute atomic E-state index is 0.132. The molecule has 3 rings (SSSR count). The molecule has 2 aromatic rings. The van der Waals surface area contributed by atoms with Crippen LogP contribution in [0.3, 0.4) is 0 Å². The molecule has 0 radical (unpaired) electrons. The van der Waals surface area contributed by atoms with Crippen molar-refractivity contribution in [1.29, 1.82) is 0 Å². The van der Waals surface area contributed by atoms with Crippen molar-refractivity contribution in [3.63, 3.8) is 0 Å². The third-order valence-electron chi connectivity index (χ3n) is 5.41. The molecule has 6 nitrogen and oxygen atoms in total. The van der Waals surface area contributed by atoms with Gasteiger partial charge in [-0.2, -0.15) is 4.31 Å². The molecule has 2 aromatic carbocycles. The number of terminal acetylenes is 1. The second-order valence-corrected chi connectivity index (χ2v) is 10.3. The van der Waals surface area contributed by atoms with Gasteiger partial charge in [0.2, 0.25) is 15.9 Å². The lowest BCUT2D eigenvalue weighted by molar-refractivity contribution is -0.116. The van der Waals surface area contributed by atoms with Crippen molar-refractivity contribution in [2.24, 2.45) is 0 Å². The number of halogens is 1. The van der Waals surface area contributed by atoms with E-state index in [0.717, 1.165) is 18.4 Å². The number of benzene rings is 2. The zero-order valence-electron chi connectivity index (χ0n) is 18.2. The number of amides is 1. The predicted octanol–water partition coefficient (Wildman–Crippen LogP) is 3.90. The van der Waals surface area contributed by atoms with Gasteiger partial charge < -0.3 is 5.32 Å². The molecule has 0 aliphatic carbocycles. The van der Waals surface area contributed by atoms with E-state index >= 15 is 0 Å². The van der Waals surface area contributed by atoms with Crippen molar-refractivity contribution >= 4 is 33.2 Å². The maximum atomic E-state index is 12.8. The number of rotatable bonds is 9. The van der Waals surface area contributed by atoms with Gasteiger partial charge in [0, 0.05) is 32.6 Å².